The lowest BCUT2D eigenvalue weighted by atomic mass is 9.89. The molecule has 1 fully saturated rings. The van der Waals surface area contributed by atoms with Crippen molar-refractivity contribution in [2.75, 3.05) is 33.8 Å². The van der Waals surface area contributed by atoms with Gasteiger partial charge in [0.1, 0.15) is 0 Å². The molecule has 170 valence electrons. The summed E-state index contributed by atoms with van der Waals surface area (Å²) in [5.74, 6) is -0.286. The van der Waals surface area contributed by atoms with Gasteiger partial charge in [-0.1, -0.05) is 54.1 Å². The Bertz CT molecular complexity index is 1130. The molecule has 4 rings (SSSR count). The van der Waals surface area contributed by atoms with E-state index < -0.39 is 5.60 Å². The summed E-state index contributed by atoms with van der Waals surface area (Å²) in [5.41, 5.74) is 3.84. The highest BCUT2D eigenvalue weighted by Crippen LogP contribution is 2.28. The summed E-state index contributed by atoms with van der Waals surface area (Å²) >= 11 is 0. The summed E-state index contributed by atoms with van der Waals surface area (Å²) in [6.45, 7) is 3.00. The Morgan fingerprint density at radius 2 is 1.85 bits per heavy atom. The van der Waals surface area contributed by atoms with Crippen molar-refractivity contribution < 1.29 is 14.3 Å². The maximum Gasteiger partial charge on any atom is 0.256 e. The van der Waals surface area contributed by atoms with E-state index in [1.807, 2.05) is 18.2 Å². The van der Waals surface area contributed by atoms with E-state index in [1.165, 1.54) is 5.56 Å². The second-order valence-electron chi connectivity index (χ2n) is 8.75. The van der Waals surface area contributed by atoms with Crippen LogP contribution in [0.3, 0.4) is 0 Å². The second-order valence-corrected chi connectivity index (χ2v) is 8.75. The molecule has 1 saturated heterocycles. The molecule has 0 aliphatic carbocycles. The first-order chi connectivity index (χ1) is 15.9. The van der Waals surface area contributed by atoms with E-state index in [2.05, 4.69) is 42.2 Å². The number of hydrogen-bond acceptors (Lipinski definition) is 4. The summed E-state index contributed by atoms with van der Waals surface area (Å²) in [6, 6.07) is 20.1. The maximum absolute atomic E-state index is 13.3. The van der Waals surface area contributed by atoms with Crippen molar-refractivity contribution in [3.8, 4) is 11.1 Å². The molecular weight excluding hydrogens is 414 g/mol. The van der Waals surface area contributed by atoms with Gasteiger partial charge in [0.25, 0.3) is 11.8 Å². The number of nitrogens with zero attached hydrogens (tertiary/aromatic N) is 3. The Kier molecular flexibility index (Phi) is 6.56. The van der Waals surface area contributed by atoms with Gasteiger partial charge in [-0.2, -0.15) is 0 Å². The lowest BCUT2D eigenvalue weighted by Gasteiger charge is -2.42. The fourth-order valence-electron chi connectivity index (χ4n) is 4.32. The predicted octanol–water partition coefficient (Wildman–Crippen LogP) is 3.60. The van der Waals surface area contributed by atoms with Gasteiger partial charge in [0.05, 0.1) is 18.7 Å². The first-order valence-corrected chi connectivity index (χ1v) is 11.1. The van der Waals surface area contributed by atoms with Crippen molar-refractivity contribution in [1.82, 2.24) is 14.8 Å². The number of hydrogen-bond donors (Lipinski definition) is 0. The monoisotopic (exact) mass is 443 g/mol. The summed E-state index contributed by atoms with van der Waals surface area (Å²) in [7, 11) is 3.44. The number of pyridine rings is 1. The van der Waals surface area contributed by atoms with Crippen LogP contribution >= 0.6 is 0 Å². The minimum Gasteiger partial charge on any atom is -0.361 e. The minimum absolute atomic E-state index is 0.142. The molecular formula is C27H29N3O3. The van der Waals surface area contributed by atoms with Crippen LogP contribution in [0.5, 0.6) is 0 Å². The van der Waals surface area contributed by atoms with Gasteiger partial charge in [0.2, 0.25) is 0 Å². The molecule has 0 saturated carbocycles. The molecule has 2 heterocycles. The molecule has 0 radical (unpaired) electrons. The lowest BCUT2D eigenvalue weighted by molar-refractivity contribution is -0.165. The molecule has 1 atom stereocenters. The number of amides is 2. The summed E-state index contributed by atoms with van der Waals surface area (Å²) in [4.78, 5) is 33.7. The first-order valence-electron chi connectivity index (χ1n) is 11.1. The fraction of sp³-hybridized carbons (Fsp3) is 0.296. The molecule has 0 N–H and O–H groups in total. The number of carbonyl (C=O) groups is 2. The van der Waals surface area contributed by atoms with Gasteiger partial charge in [0.15, 0.2) is 5.60 Å². The van der Waals surface area contributed by atoms with E-state index in [4.69, 9.17) is 4.74 Å². The molecule has 1 aliphatic heterocycles. The highest BCUT2D eigenvalue weighted by molar-refractivity contribution is 5.95. The Labute approximate surface area is 194 Å². The minimum atomic E-state index is -1.13. The first kappa shape index (κ1) is 22.7. The standard InChI is InChI=1S/C27H29N3O3/c1-20-6-4-7-23(16-20)22-11-9-21(10-12-22)17-27(26(32)29(2)3)19-30(14-15-33-27)25(31)24-8-5-13-28-18-24/h4-13,16,18H,14-15,17,19H2,1-3H3. The number of carbonyl (C=O) groups excluding carboxylic acids is 2. The molecule has 2 aromatic carbocycles. The van der Waals surface area contributed by atoms with Gasteiger partial charge in [-0.25, -0.2) is 0 Å². The van der Waals surface area contributed by atoms with E-state index >= 15 is 0 Å². The lowest BCUT2D eigenvalue weighted by Crippen LogP contribution is -2.61. The van der Waals surface area contributed by atoms with Crippen LogP contribution < -0.4 is 0 Å². The Balaban J connectivity index is 1.59. The van der Waals surface area contributed by atoms with Gasteiger partial charge in [-0.3, -0.25) is 14.6 Å². The van der Waals surface area contributed by atoms with E-state index in [0.717, 1.165) is 16.7 Å². The zero-order chi connectivity index (χ0) is 23.4. The molecule has 0 spiro atoms. The Hall–Kier alpha value is -3.51. The highest BCUT2D eigenvalue weighted by atomic mass is 16.5. The number of aromatic nitrogens is 1. The zero-order valence-electron chi connectivity index (χ0n) is 19.3. The van der Waals surface area contributed by atoms with Crippen molar-refractivity contribution >= 4 is 11.8 Å². The van der Waals surface area contributed by atoms with E-state index in [1.54, 1.807) is 48.4 Å². The summed E-state index contributed by atoms with van der Waals surface area (Å²) in [5, 5.41) is 0. The topological polar surface area (TPSA) is 62.7 Å². The van der Waals surface area contributed by atoms with Crippen LogP contribution in [0, 0.1) is 6.92 Å². The van der Waals surface area contributed by atoms with Crippen LogP contribution in [0.2, 0.25) is 0 Å². The Morgan fingerprint density at radius 3 is 2.52 bits per heavy atom. The second kappa shape index (κ2) is 9.55. The maximum atomic E-state index is 13.3. The van der Waals surface area contributed by atoms with E-state index in [0.29, 0.717) is 25.1 Å². The van der Waals surface area contributed by atoms with Gasteiger partial charge in [0, 0.05) is 39.5 Å². The Morgan fingerprint density at radius 1 is 1.06 bits per heavy atom. The summed E-state index contributed by atoms with van der Waals surface area (Å²) in [6.07, 6.45) is 3.57. The van der Waals surface area contributed by atoms with Gasteiger partial charge in [-0.15, -0.1) is 0 Å². The van der Waals surface area contributed by atoms with Gasteiger partial charge in [-0.05, 0) is 35.7 Å². The molecule has 1 aromatic heterocycles. The average molecular weight is 444 g/mol. The number of ether oxygens (including phenoxy) is 1. The summed E-state index contributed by atoms with van der Waals surface area (Å²) < 4.78 is 6.14. The van der Waals surface area contributed by atoms with Crippen LogP contribution in [-0.2, 0) is 16.0 Å². The van der Waals surface area contributed by atoms with Crippen LogP contribution in [0.1, 0.15) is 21.5 Å². The predicted molar refractivity (Wildman–Crippen MR) is 128 cm³/mol. The third-order valence-electron chi connectivity index (χ3n) is 5.97. The van der Waals surface area contributed by atoms with Crippen molar-refractivity contribution in [2.24, 2.45) is 0 Å². The van der Waals surface area contributed by atoms with Crippen LogP contribution in [0.25, 0.3) is 11.1 Å². The molecule has 6 nitrogen and oxygen atoms in total. The zero-order valence-corrected chi connectivity index (χ0v) is 19.3. The SMILES string of the molecule is Cc1cccc(-c2ccc(CC3(C(=O)N(C)C)CN(C(=O)c4cccnc4)CCO3)cc2)c1. The third-order valence-corrected chi connectivity index (χ3v) is 5.97. The molecule has 1 aliphatic rings. The molecule has 2 amide bonds. The highest BCUT2D eigenvalue weighted by Gasteiger charge is 2.46. The fourth-order valence-corrected chi connectivity index (χ4v) is 4.32. The van der Waals surface area contributed by atoms with Gasteiger partial charge < -0.3 is 14.5 Å². The normalized spacial score (nSPS) is 18.1. The number of likely N-dealkylation sites (N-methyl/N-ethyl adjacent to an activating group) is 1. The van der Waals surface area contributed by atoms with E-state index in [9.17, 15) is 9.59 Å². The molecule has 1 unspecified atom stereocenters. The van der Waals surface area contributed by atoms with Crippen molar-refractivity contribution in [1.29, 1.82) is 0 Å². The number of aryl methyl sites for hydroxylation is 1. The third kappa shape index (κ3) is 4.96. The molecule has 0 bridgehead atoms. The smallest absolute Gasteiger partial charge is 0.256 e. The molecule has 3 aromatic rings. The van der Waals surface area contributed by atoms with Gasteiger partial charge >= 0.3 is 0 Å². The van der Waals surface area contributed by atoms with Crippen molar-refractivity contribution in [3.63, 3.8) is 0 Å². The largest absolute Gasteiger partial charge is 0.361 e. The van der Waals surface area contributed by atoms with Crippen LogP contribution in [0.4, 0.5) is 0 Å². The van der Waals surface area contributed by atoms with Crippen molar-refractivity contribution in [2.45, 2.75) is 18.9 Å². The van der Waals surface area contributed by atoms with E-state index in [-0.39, 0.29) is 18.4 Å². The molecule has 33 heavy (non-hydrogen) atoms. The average Bonchev–Trinajstić information content (AvgIpc) is 2.84. The number of benzene rings is 2. The molecule has 6 heteroatoms. The quantitative estimate of drug-likeness (QED) is 0.605. The van der Waals surface area contributed by atoms with Crippen molar-refractivity contribution in [3.05, 3.63) is 89.7 Å². The van der Waals surface area contributed by atoms with Crippen LogP contribution in [0.15, 0.2) is 73.1 Å². The number of morpholine rings is 1. The van der Waals surface area contributed by atoms with Crippen LogP contribution in [-0.4, -0.2) is 66.0 Å². The number of rotatable bonds is 5.